The SMILES string of the molecule is Cc1ccccc1C(=O)OC(C)CN1CCOCC1.Cl. The molecule has 1 fully saturated rings. The zero-order chi connectivity index (χ0) is 13.7. The Kier molecular flexibility index (Phi) is 6.99. The molecule has 1 unspecified atom stereocenters. The predicted octanol–water partition coefficient (Wildman–Crippen LogP) is 2.29. The molecule has 2 rings (SSSR count). The second kappa shape index (κ2) is 8.25. The Morgan fingerprint density at radius 1 is 1.35 bits per heavy atom. The van der Waals surface area contributed by atoms with Crippen LogP contribution in [-0.4, -0.2) is 49.8 Å². The minimum absolute atomic E-state index is 0. The first-order valence-corrected chi connectivity index (χ1v) is 6.73. The zero-order valence-corrected chi connectivity index (χ0v) is 12.8. The van der Waals surface area contributed by atoms with E-state index in [0.717, 1.165) is 38.4 Å². The summed E-state index contributed by atoms with van der Waals surface area (Å²) < 4.78 is 10.8. The first kappa shape index (κ1) is 17.0. The Bertz CT molecular complexity index is 433. The first-order valence-electron chi connectivity index (χ1n) is 6.73. The number of benzene rings is 1. The van der Waals surface area contributed by atoms with E-state index in [9.17, 15) is 4.79 Å². The molecule has 1 aliphatic rings. The molecule has 0 N–H and O–H groups in total. The molecule has 112 valence electrons. The smallest absolute Gasteiger partial charge is 0.338 e. The lowest BCUT2D eigenvalue weighted by Crippen LogP contribution is -2.41. The third kappa shape index (κ3) is 4.78. The lowest BCUT2D eigenvalue weighted by molar-refractivity contribution is 0.000411. The molecule has 0 radical (unpaired) electrons. The van der Waals surface area contributed by atoms with Gasteiger partial charge in [-0.2, -0.15) is 0 Å². The maximum atomic E-state index is 12.1. The summed E-state index contributed by atoms with van der Waals surface area (Å²) in [5.74, 6) is -0.237. The summed E-state index contributed by atoms with van der Waals surface area (Å²) >= 11 is 0. The number of morpholine rings is 1. The van der Waals surface area contributed by atoms with Crippen LogP contribution in [0.4, 0.5) is 0 Å². The van der Waals surface area contributed by atoms with Gasteiger partial charge in [-0.25, -0.2) is 4.79 Å². The monoisotopic (exact) mass is 299 g/mol. The Morgan fingerprint density at radius 3 is 2.65 bits per heavy atom. The number of aryl methyl sites for hydroxylation is 1. The van der Waals surface area contributed by atoms with Gasteiger partial charge < -0.3 is 9.47 Å². The van der Waals surface area contributed by atoms with Gasteiger partial charge in [0.15, 0.2) is 0 Å². The highest BCUT2D eigenvalue weighted by Crippen LogP contribution is 2.10. The van der Waals surface area contributed by atoms with Crippen LogP contribution in [-0.2, 0) is 9.47 Å². The van der Waals surface area contributed by atoms with Crippen molar-refractivity contribution in [1.29, 1.82) is 0 Å². The molecular weight excluding hydrogens is 278 g/mol. The van der Waals surface area contributed by atoms with Gasteiger partial charge in [0.1, 0.15) is 6.10 Å². The van der Waals surface area contributed by atoms with Gasteiger partial charge in [-0.1, -0.05) is 18.2 Å². The maximum Gasteiger partial charge on any atom is 0.338 e. The standard InChI is InChI=1S/C15H21NO3.ClH/c1-12-5-3-4-6-14(12)15(17)19-13(2)11-16-7-9-18-10-8-16;/h3-6,13H,7-11H2,1-2H3;1H. The molecule has 1 aromatic rings. The van der Waals surface area contributed by atoms with Gasteiger partial charge >= 0.3 is 5.97 Å². The summed E-state index contributed by atoms with van der Waals surface area (Å²) in [7, 11) is 0. The van der Waals surface area contributed by atoms with Crippen molar-refractivity contribution in [2.45, 2.75) is 20.0 Å². The molecule has 1 aliphatic heterocycles. The molecule has 0 aliphatic carbocycles. The van der Waals surface area contributed by atoms with Crippen LogP contribution in [0.1, 0.15) is 22.8 Å². The van der Waals surface area contributed by atoms with Gasteiger partial charge in [-0.05, 0) is 25.5 Å². The summed E-state index contributed by atoms with van der Waals surface area (Å²) in [5, 5.41) is 0. The number of esters is 1. The van der Waals surface area contributed by atoms with E-state index in [1.54, 1.807) is 6.07 Å². The van der Waals surface area contributed by atoms with Crippen LogP contribution >= 0.6 is 12.4 Å². The van der Waals surface area contributed by atoms with Crippen molar-refractivity contribution in [2.75, 3.05) is 32.8 Å². The Labute approximate surface area is 126 Å². The van der Waals surface area contributed by atoms with Crippen LogP contribution in [0.15, 0.2) is 24.3 Å². The fourth-order valence-electron chi connectivity index (χ4n) is 2.23. The molecule has 4 nitrogen and oxygen atoms in total. The maximum absolute atomic E-state index is 12.1. The van der Waals surface area contributed by atoms with Crippen molar-refractivity contribution in [3.8, 4) is 0 Å². The second-order valence-corrected chi connectivity index (χ2v) is 4.94. The van der Waals surface area contributed by atoms with Crippen molar-refractivity contribution in [3.05, 3.63) is 35.4 Å². The fourth-order valence-corrected chi connectivity index (χ4v) is 2.23. The Hall–Kier alpha value is -1.10. The van der Waals surface area contributed by atoms with Crippen LogP contribution in [0.3, 0.4) is 0 Å². The van der Waals surface area contributed by atoms with Crippen molar-refractivity contribution in [2.24, 2.45) is 0 Å². The van der Waals surface area contributed by atoms with Crippen molar-refractivity contribution >= 4 is 18.4 Å². The minimum atomic E-state index is -0.237. The van der Waals surface area contributed by atoms with E-state index in [1.165, 1.54) is 0 Å². The Morgan fingerprint density at radius 2 is 2.00 bits per heavy atom. The molecule has 0 aromatic heterocycles. The number of ether oxygens (including phenoxy) is 2. The predicted molar refractivity (Wildman–Crippen MR) is 80.6 cm³/mol. The number of carbonyl (C=O) groups excluding carboxylic acids is 1. The highest BCUT2D eigenvalue weighted by molar-refractivity contribution is 5.91. The van der Waals surface area contributed by atoms with E-state index in [4.69, 9.17) is 9.47 Å². The van der Waals surface area contributed by atoms with E-state index in [2.05, 4.69) is 4.90 Å². The van der Waals surface area contributed by atoms with Crippen LogP contribution in [0.5, 0.6) is 0 Å². The van der Waals surface area contributed by atoms with Crippen LogP contribution in [0.2, 0.25) is 0 Å². The highest BCUT2D eigenvalue weighted by Gasteiger charge is 2.18. The largest absolute Gasteiger partial charge is 0.458 e. The third-order valence-electron chi connectivity index (χ3n) is 3.29. The third-order valence-corrected chi connectivity index (χ3v) is 3.29. The lowest BCUT2D eigenvalue weighted by atomic mass is 10.1. The first-order chi connectivity index (χ1) is 9.16. The topological polar surface area (TPSA) is 38.8 Å². The van der Waals surface area contributed by atoms with E-state index >= 15 is 0 Å². The van der Waals surface area contributed by atoms with Gasteiger partial charge in [0.05, 0.1) is 18.8 Å². The van der Waals surface area contributed by atoms with Gasteiger partial charge in [0.2, 0.25) is 0 Å². The van der Waals surface area contributed by atoms with E-state index in [-0.39, 0.29) is 24.5 Å². The number of hydrogen-bond acceptors (Lipinski definition) is 4. The summed E-state index contributed by atoms with van der Waals surface area (Å²) in [6.07, 6.45) is -0.106. The van der Waals surface area contributed by atoms with Crippen molar-refractivity contribution in [3.63, 3.8) is 0 Å². The van der Waals surface area contributed by atoms with Crippen molar-refractivity contribution in [1.82, 2.24) is 4.90 Å². The van der Waals surface area contributed by atoms with Crippen LogP contribution in [0.25, 0.3) is 0 Å². The summed E-state index contributed by atoms with van der Waals surface area (Å²) in [6.45, 7) is 7.96. The minimum Gasteiger partial charge on any atom is -0.458 e. The Balaban J connectivity index is 0.00000200. The highest BCUT2D eigenvalue weighted by atomic mass is 35.5. The molecule has 1 aromatic carbocycles. The molecule has 0 bridgehead atoms. The molecule has 1 atom stereocenters. The molecule has 1 saturated heterocycles. The summed E-state index contributed by atoms with van der Waals surface area (Å²) in [4.78, 5) is 14.3. The number of nitrogens with zero attached hydrogens (tertiary/aromatic N) is 1. The van der Waals surface area contributed by atoms with Crippen molar-refractivity contribution < 1.29 is 14.3 Å². The van der Waals surface area contributed by atoms with Gasteiger partial charge in [-0.3, -0.25) is 4.90 Å². The average molecular weight is 300 g/mol. The molecular formula is C15H22ClNO3. The van der Waals surface area contributed by atoms with Crippen LogP contribution in [0, 0.1) is 6.92 Å². The van der Waals surface area contributed by atoms with Gasteiger partial charge in [0.25, 0.3) is 0 Å². The van der Waals surface area contributed by atoms with Crippen LogP contribution < -0.4 is 0 Å². The number of hydrogen-bond donors (Lipinski definition) is 0. The fraction of sp³-hybridized carbons (Fsp3) is 0.533. The normalized spacial score (nSPS) is 17.1. The van der Waals surface area contributed by atoms with E-state index < -0.39 is 0 Å². The number of rotatable bonds is 4. The molecule has 1 heterocycles. The second-order valence-electron chi connectivity index (χ2n) is 4.94. The summed E-state index contributed by atoms with van der Waals surface area (Å²) in [6, 6.07) is 7.50. The number of carbonyl (C=O) groups is 1. The zero-order valence-electron chi connectivity index (χ0n) is 12.0. The van der Waals surface area contributed by atoms with E-state index in [1.807, 2.05) is 32.0 Å². The molecule has 0 spiro atoms. The average Bonchev–Trinajstić information content (AvgIpc) is 2.40. The molecule has 5 heteroatoms. The molecule has 0 saturated carbocycles. The quantitative estimate of drug-likeness (QED) is 0.800. The summed E-state index contributed by atoms with van der Waals surface area (Å²) in [5.41, 5.74) is 1.60. The lowest BCUT2D eigenvalue weighted by Gasteiger charge is -2.28. The van der Waals surface area contributed by atoms with E-state index in [0.29, 0.717) is 5.56 Å². The molecule has 0 amide bonds. The van der Waals surface area contributed by atoms with Gasteiger partial charge in [0, 0.05) is 19.6 Å². The van der Waals surface area contributed by atoms with Gasteiger partial charge in [-0.15, -0.1) is 12.4 Å². The molecule has 20 heavy (non-hydrogen) atoms. The number of halogens is 1.